The fraction of sp³-hybridized carbons (Fsp3) is 0.923. The topological polar surface area (TPSA) is 77.0 Å². The maximum absolute atomic E-state index is 11.4. The van der Waals surface area contributed by atoms with Crippen molar-refractivity contribution in [2.45, 2.75) is 19.3 Å². The molecule has 0 amide bonds. The molecular weight excluding hydrogens is 250 g/mol. The van der Waals surface area contributed by atoms with E-state index in [9.17, 15) is 9.90 Å². The fourth-order valence-corrected chi connectivity index (χ4v) is 2.20. The third-order valence-corrected chi connectivity index (χ3v) is 3.45. The van der Waals surface area contributed by atoms with Gasteiger partial charge in [-0.15, -0.1) is 0 Å². The Morgan fingerprint density at radius 1 is 1.21 bits per heavy atom. The minimum atomic E-state index is -0.723. The van der Waals surface area contributed by atoms with Gasteiger partial charge in [0, 0.05) is 20.3 Å². The van der Waals surface area contributed by atoms with Gasteiger partial charge in [-0.3, -0.25) is 4.79 Å². The lowest BCUT2D eigenvalue weighted by molar-refractivity contribution is -0.151. The zero-order valence-corrected chi connectivity index (χ0v) is 11.7. The quantitative estimate of drug-likeness (QED) is 0.566. The van der Waals surface area contributed by atoms with E-state index in [4.69, 9.17) is 14.2 Å². The standard InChI is InChI=1S/C13H25NO5/c1-17-7-8-19-10-9-18-6-4-13(12(15)16)3-2-5-14-11-13/h14H,2-11H2,1H3,(H,15,16). The maximum Gasteiger partial charge on any atom is 0.311 e. The summed E-state index contributed by atoms with van der Waals surface area (Å²) in [6.07, 6.45) is 2.18. The SMILES string of the molecule is COCCOCCOCCC1(C(=O)O)CCCNC1. The number of aliphatic carboxylic acids is 1. The van der Waals surface area contributed by atoms with E-state index in [1.165, 1.54) is 0 Å². The Kier molecular flexibility index (Phi) is 7.97. The Bertz CT molecular complexity index is 253. The predicted octanol–water partition coefficient (Wildman–Crippen LogP) is 0.511. The summed E-state index contributed by atoms with van der Waals surface area (Å²) in [6.45, 7) is 4.05. The zero-order chi connectivity index (χ0) is 14.0. The lowest BCUT2D eigenvalue weighted by Crippen LogP contribution is -2.46. The molecule has 0 bridgehead atoms. The molecule has 0 saturated carbocycles. The summed E-state index contributed by atoms with van der Waals surface area (Å²) < 4.78 is 15.5. The number of hydrogen-bond acceptors (Lipinski definition) is 5. The van der Waals surface area contributed by atoms with Crippen LogP contribution in [0.2, 0.25) is 0 Å². The van der Waals surface area contributed by atoms with Gasteiger partial charge in [0.15, 0.2) is 0 Å². The molecule has 1 aliphatic rings. The summed E-state index contributed by atoms with van der Waals surface area (Å²) >= 11 is 0. The van der Waals surface area contributed by atoms with Gasteiger partial charge in [0.05, 0.1) is 31.8 Å². The van der Waals surface area contributed by atoms with Crippen LogP contribution in [0.1, 0.15) is 19.3 Å². The number of carboxylic acid groups (broad SMARTS) is 1. The number of rotatable bonds is 10. The van der Waals surface area contributed by atoms with Gasteiger partial charge in [-0.2, -0.15) is 0 Å². The van der Waals surface area contributed by atoms with Gasteiger partial charge >= 0.3 is 5.97 Å². The van der Waals surface area contributed by atoms with E-state index < -0.39 is 11.4 Å². The van der Waals surface area contributed by atoms with Crippen molar-refractivity contribution < 1.29 is 24.1 Å². The molecule has 2 N–H and O–H groups in total. The summed E-state index contributed by atoms with van der Waals surface area (Å²) in [4.78, 5) is 11.4. The molecule has 1 fully saturated rings. The third kappa shape index (κ3) is 5.86. The van der Waals surface area contributed by atoms with Crippen molar-refractivity contribution >= 4 is 5.97 Å². The van der Waals surface area contributed by atoms with E-state index in [0.29, 0.717) is 46.0 Å². The van der Waals surface area contributed by atoms with Crippen molar-refractivity contribution in [3.63, 3.8) is 0 Å². The van der Waals surface area contributed by atoms with Crippen LogP contribution in [0.3, 0.4) is 0 Å². The van der Waals surface area contributed by atoms with Crippen molar-refractivity contribution in [3.05, 3.63) is 0 Å². The molecule has 19 heavy (non-hydrogen) atoms. The molecule has 6 nitrogen and oxygen atoms in total. The normalized spacial score (nSPS) is 23.4. The predicted molar refractivity (Wildman–Crippen MR) is 70.3 cm³/mol. The molecule has 1 rings (SSSR count). The summed E-state index contributed by atoms with van der Waals surface area (Å²) in [6, 6.07) is 0. The third-order valence-electron chi connectivity index (χ3n) is 3.45. The highest BCUT2D eigenvalue weighted by molar-refractivity contribution is 5.75. The smallest absolute Gasteiger partial charge is 0.311 e. The maximum atomic E-state index is 11.4. The van der Waals surface area contributed by atoms with E-state index >= 15 is 0 Å². The first-order chi connectivity index (χ1) is 9.21. The molecule has 0 aromatic rings. The molecule has 0 aromatic carbocycles. The van der Waals surface area contributed by atoms with Gasteiger partial charge in [0.1, 0.15) is 0 Å². The van der Waals surface area contributed by atoms with Crippen LogP contribution in [0.15, 0.2) is 0 Å². The van der Waals surface area contributed by atoms with Gasteiger partial charge < -0.3 is 24.6 Å². The Hall–Kier alpha value is -0.690. The summed E-state index contributed by atoms with van der Waals surface area (Å²) in [5, 5.41) is 12.5. The minimum absolute atomic E-state index is 0.460. The Morgan fingerprint density at radius 3 is 2.47 bits per heavy atom. The number of carboxylic acids is 1. The van der Waals surface area contributed by atoms with Crippen LogP contribution in [-0.2, 0) is 19.0 Å². The second-order valence-corrected chi connectivity index (χ2v) is 4.83. The summed E-state index contributed by atoms with van der Waals surface area (Å²) in [5.74, 6) is -0.723. The van der Waals surface area contributed by atoms with Crippen molar-refractivity contribution in [2.24, 2.45) is 5.41 Å². The molecule has 0 aromatic heterocycles. The van der Waals surface area contributed by atoms with Crippen LogP contribution in [0.25, 0.3) is 0 Å². The van der Waals surface area contributed by atoms with Crippen LogP contribution >= 0.6 is 0 Å². The molecule has 1 unspecified atom stereocenters. The van der Waals surface area contributed by atoms with Crippen molar-refractivity contribution in [1.82, 2.24) is 5.32 Å². The monoisotopic (exact) mass is 275 g/mol. The van der Waals surface area contributed by atoms with E-state index in [-0.39, 0.29) is 0 Å². The Balaban J connectivity index is 2.10. The molecule has 1 atom stereocenters. The molecule has 0 aliphatic carbocycles. The second-order valence-electron chi connectivity index (χ2n) is 4.83. The van der Waals surface area contributed by atoms with Crippen LogP contribution in [0.5, 0.6) is 0 Å². The van der Waals surface area contributed by atoms with Crippen molar-refractivity contribution in [1.29, 1.82) is 0 Å². The van der Waals surface area contributed by atoms with Gasteiger partial charge in [-0.1, -0.05) is 0 Å². The zero-order valence-electron chi connectivity index (χ0n) is 11.7. The Morgan fingerprint density at radius 2 is 1.89 bits per heavy atom. The highest BCUT2D eigenvalue weighted by atomic mass is 16.5. The number of nitrogens with one attached hydrogen (secondary N) is 1. The number of hydrogen-bond donors (Lipinski definition) is 2. The number of methoxy groups -OCH3 is 1. The molecule has 1 saturated heterocycles. The first kappa shape index (κ1) is 16.4. The minimum Gasteiger partial charge on any atom is -0.481 e. The largest absolute Gasteiger partial charge is 0.481 e. The molecular formula is C13H25NO5. The first-order valence-electron chi connectivity index (χ1n) is 6.80. The average molecular weight is 275 g/mol. The highest BCUT2D eigenvalue weighted by Gasteiger charge is 2.39. The van der Waals surface area contributed by atoms with Crippen LogP contribution < -0.4 is 5.32 Å². The van der Waals surface area contributed by atoms with E-state index in [0.717, 1.165) is 19.4 Å². The van der Waals surface area contributed by atoms with Gasteiger partial charge in [-0.05, 0) is 25.8 Å². The van der Waals surface area contributed by atoms with Gasteiger partial charge in [0.25, 0.3) is 0 Å². The van der Waals surface area contributed by atoms with Gasteiger partial charge in [0.2, 0.25) is 0 Å². The van der Waals surface area contributed by atoms with E-state index in [1.807, 2.05) is 0 Å². The number of piperidine rings is 1. The summed E-state index contributed by atoms with van der Waals surface area (Å²) in [7, 11) is 1.63. The molecule has 1 aliphatic heterocycles. The number of carbonyl (C=O) groups is 1. The average Bonchev–Trinajstić information content (AvgIpc) is 2.42. The van der Waals surface area contributed by atoms with Crippen LogP contribution in [-0.4, -0.2) is 64.3 Å². The Labute approximate surface area is 114 Å². The van der Waals surface area contributed by atoms with Crippen LogP contribution in [0, 0.1) is 5.41 Å². The van der Waals surface area contributed by atoms with Crippen LogP contribution in [0.4, 0.5) is 0 Å². The molecule has 112 valence electrons. The molecule has 0 radical (unpaired) electrons. The lowest BCUT2D eigenvalue weighted by Gasteiger charge is -2.33. The number of ether oxygens (including phenoxy) is 3. The lowest BCUT2D eigenvalue weighted by atomic mass is 9.78. The summed E-state index contributed by atoms with van der Waals surface area (Å²) in [5.41, 5.74) is -0.658. The molecule has 0 spiro atoms. The highest BCUT2D eigenvalue weighted by Crippen LogP contribution is 2.30. The van der Waals surface area contributed by atoms with Crippen molar-refractivity contribution in [3.8, 4) is 0 Å². The van der Waals surface area contributed by atoms with Gasteiger partial charge in [-0.25, -0.2) is 0 Å². The molecule has 1 heterocycles. The van der Waals surface area contributed by atoms with E-state index in [1.54, 1.807) is 7.11 Å². The van der Waals surface area contributed by atoms with E-state index in [2.05, 4.69) is 5.32 Å². The van der Waals surface area contributed by atoms with Crippen molar-refractivity contribution in [2.75, 3.05) is 53.2 Å². The first-order valence-corrected chi connectivity index (χ1v) is 6.80. The molecule has 6 heteroatoms. The second kappa shape index (κ2) is 9.25. The fourth-order valence-electron chi connectivity index (χ4n) is 2.20.